The summed E-state index contributed by atoms with van der Waals surface area (Å²) in [4.78, 5) is 26.3. The zero-order valence-electron chi connectivity index (χ0n) is 13.3. The molecule has 6 nitrogen and oxygen atoms in total. The number of carbonyl (C=O) groups excluding carboxylic acids is 2. The van der Waals surface area contributed by atoms with Gasteiger partial charge in [0.05, 0.1) is 11.3 Å². The minimum Gasteiger partial charge on any atom is -0.478 e. The Bertz CT molecular complexity index is 600. The van der Waals surface area contributed by atoms with Gasteiger partial charge in [0, 0.05) is 19.1 Å². The van der Waals surface area contributed by atoms with Crippen molar-refractivity contribution in [2.24, 2.45) is 0 Å². The Hall–Kier alpha value is -1.79. The normalized spacial score (nSPS) is 20.9. The molecule has 3 rings (SSSR count). The van der Waals surface area contributed by atoms with Crippen LogP contribution in [0.2, 0.25) is 0 Å². The molecule has 0 spiro atoms. The monoisotopic (exact) mass is 339 g/mol. The van der Waals surface area contributed by atoms with Crippen molar-refractivity contribution in [3.8, 4) is 5.75 Å². The van der Waals surface area contributed by atoms with E-state index >= 15 is 0 Å². The van der Waals surface area contributed by atoms with E-state index in [2.05, 4.69) is 10.6 Å². The van der Waals surface area contributed by atoms with Gasteiger partial charge >= 0.3 is 0 Å². The number of ether oxygens (including phenoxy) is 1. The van der Waals surface area contributed by atoms with Gasteiger partial charge in [0.15, 0.2) is 11.9 Å². The van der Waals surface area contributed by atoms with Crippen LogP contribution in [0.1, 0.15) is 30.1 Å². The maximum Gasteiger partial charge on any atom is 0.265 e. The summed E-state index contributed by atoms with van der Waals surface area (Å²) in [5.41, 5.74) is 1.09. The van der Waals surface area contributed by atoms with Gasteiger partial charge in [-0.1, -0.05) is 6.07 Å². The molecule has 0 aliphatic carbocycles. The van der Waals surface area contributed by atoms with Crippen LogP contribution in [0.3, 0.4) is 0 Å². The molecule has 1 saturated heterocycles. The number of amides is 2. The number of halogens is 1. The van der Waals surface area contributed by atoms with Crippen molar-refractivity contribution >= 4 is 29.9 Å². The molecule has 2 heterocycles. The summed E-state index contributed by atoms with van der Waals surface area (Å²) in [6.45, 7) is 3.14. The maximum atomic E-state index is 12.8. The van der Waals surface area contributed by atoms with Crippen molar-refractivity contribution < 1.29 is 14.3 Å². The number of benzene rings is 1. The molecule has 2 amide bonds. The number of carbonyl (C=O) groups is 2. The highest BCUT2D eigenvalue weighted by Gasteiger charge is 2.30. The van der Waals surface area contributed by atoms with Gasteiger partial charge in [-0.05, 0) is 38.9 Å². The first-order chi connectivity index (χ1) is 10.6. The van der Waals surface area contributed by atoms with Crippen LogP contribution in [0.5, 0.6) is 5.75 Å². The zero-order chi connectivity index (χ0) is 15.7. The van der Waals surface area contributed by atoms with Crippen molar-refractivity contribution in [3.63, 3.8) is 0 Å². The van der Waals surface area contributed by atoms with Gasteiger partial charge in [-0.2, -0.15) is 0 Å². The van der Waals surface area contributed by atoms with Gasteiger partial charge in [-0.25, -0.2) is 0 Å². The van der Waals surface area contributed by atoms with Crippen LogP contribution in [0, 0.1) is 0 Å². The second-order valence-corrected chi connectivity index (χ2v) is 5.79. The van der Waals surface area contributed by atoms with Crippen LogP contribution in [0.15, 0.2) is 18.2 Å². The third kappa shape index (κ3) is 3.43. The average molecular weight is 340 g/mol. The standard InChI is InChI=1S/C16H21N3O3.ClH/c1-10-15(20)18-13-5-3-4-12(14(13)22-10)16(21)19-8-6-11(17-2)7-9-19;/h3-5,10-11,17H,6-9H2,1-2H3,(H,18,20);1H. The van der Waals surface area contributed by atoms with Gasteiger partial charge in [0.25, 0.3) is 11.8 Å². The summed E-state index contributed by atoms with van der Waals surface area (Å²) in [6.07, 6.45) is 1.31. The fourth-order valence-electron chi connectivity index (χ4n) is 2.94. The lowest BCUT2D eigenvalue weighted by atomic mass is 10.0. The number of likely N-dealkylation sites (tertiary alicyclic amines) is 1. The minimum absolute atomic E-state index is 0. The summed E-state index contributed by atoms with van der Waals surface area (Å²) in [6, 6.07) is 5.76. The largest absolute Gasteiger partial charge is 0.478 e. The average Bonchev–Trinajstić information content (AvgIpc) is 2.55. The third-order valence-electron chi connectivity index (χ3n) is 4.36. The summed E-state index contributed by atoms with van der Waals surface area (Å²) in [5.74, 6) is 0.261. The molecule has 0 bridgehead atoms. The van der Waals surface area contributed by atoms with Gasteiger partial charge in [-0.15, -0.1) is 12.4 Å². The van der Waals surface area contributed by atoms with Crippen molar-refractivity contribution in [2.75, 3.05) is 25.5 Å². The molecule has 0 radical (unpaired) electrons. The van der Waals surface area contributed by atoms with Crippen molar-refractivity contribution in [3.05, 3.63) is 23.8 Å². The molecule has 0 saturated carbocycles. The number of hydrogen-bond donors (Lipinski definition) is 2. The highest BCUT2D eigenvalue weighted by molar-refractivity contribution is 6.04. The van der Waals surface area contributed by atoms with E-state index in [-0.39, 0.29) is 24.2 Å². The number of hydrogen-bond acceptors (Lipinski definition) is 4. The predicted molar refractivity (Wildman–Crippen MR) is 90.4 cm³/mol. The van der Waals surface area contributed by atoms with Crippen LogP contribution in [0.4, 0.5) is 5.69 Å². The molecule has 1 aromatic carbocycles. The minimum atomic E-state index is -0.587. The van der Waals surface area contributed by atoms with Crippen LogP contribution < -0.4 is 15.4 Å². The maximum absolute atomic E-state index is 12.8. The second-order valence-electron chi connectivity index (χ2n) is 5.79. The van der Waals surface area contributed by atoms with Gasteiger partial charge in [0.1, 0.15) is 0 Å². The van der Waals surface area contributed by atoms with E-state index in [0.29, 0.717) is 23.0 Å². The fourth-order valence-corrected chi connectivity index (χ4v) is 2.94. The molecule has 126 valence electrons. The summed E-state index contributed by atoms with van der Waals surface area (Å²) in [7, 11) is 1.95. The number of fused-ring (bicyclic) bond motifs is 1. The smallest absolute Gasteiger partial charge is 0.265 e. The number of rotatable bonds is 2. The van der Waals surface area contributed by atoms with Crippen molar-refractivity contribution in [1.29, 1.82) is 0 Å². The number of nitrogens with one attached hydrogen (secondary N) is 2. The molecular weight excluding hydrogens is 318 g/mol. The first kappa shape index (κ1) is 17.6. The second kappa shape index (κ2) is 7.19. The SMILES string of the molecule is CNC1CCN(C(=O)c2cccc3c2OC(C)C(=O)N3)CC1.Cl. The first-order valence-electron chi connectivity index (χ1n) is 7.67. The van der Waals surface area contributed by atoms with E-state index in [0.717, 1.165) is 25.9 Å². The Morgan fingerprint density at radius 2 is 2.04 bits per heavy atom. The third-order valence-corrected chi connectivity index (χ3v) is 4.36. The van der Waals surface area contributed by atoms with Crippen molar-refractivity contribution in [2.45, 2.75) is 31.9 Å². The molecule has 1 atom stereocenters. The predicted octanol–water partition coefficient (Wildman–Crippen LogP) is 1.65. The molecule has 1 fully saturated rings. The molecule has 23 heavy (non-hydrogen) atoms. The van der Waals surface area contributed by atoms with Crippen LogP contribution in [-0.4, -0.2) is 49.0 Å². The molecule has 7 heteroatoms. The van der Waals surface area contributed by atoms with Gasteiger partial charge < -0.3 is 20.3 Å². The molecule has 2 N–H and O–H groups in total. The lowest BCUT2D eigenvalue weighted by molar-refractivity contribution is -0.122. The quantitative estimate of drug-likeness (QED) is 0.859. The van der Waals surface area contributed by atoms with Gasteiger partial charge in [0.2, 0.25) is 0 Å². The number of piperidine rings is 1. The summed E-state index contributed by atoms with van der Waals surface area (Å²) < 4.78 is 5.66. The summed E-state index contributed by atoms with van der Waals surface area (Å²) >= 11 is 0. The van der Waals surface area contributed by atoms with E-state index in [1.54, 1.807) is 25.1 Å². The lowest BCUT2D eigenvalue weighted by Gasteiger charge is -2.33. The Labute approximate surface area is 142 Å². The van der Waals surface area contributed by atoms with Crippen LogP contribution in [0.25, 0.3) is 0 Å². The highest BCUT2D eigenvalue weighted by atomic mass is 35.5. The molecule has 1 aromatic rings. The molecule has 0 aromatic heterocycles. The Morgan fingerprint density at radius 3 is 2.70 bits per heavy atom. The van der Waals surface area contributed by atoms with Gasteiger partial charge in [-0.3, -0.25) is 9.59 Å². The highest BCUT2D eigenvalue weighted by Crippen LogP contribution is 2.34. The Morgan fingerprint density at radius 1 is 1.35 bits per heavy atom. The Balaban J connectivity index is 0.00000192. The van der Waals surface area contributed by atoms with E-state index in [1.165, 1.54) is 0 Å². The van der Waals surface area contributed by atoms with E-state index < -0.39 is 6.10 Å². The fraction of sp³-hybridized carbons (Fsp3) is 0.500. The topological polar surface area (TPSA) is 70.7 Å². The van der Waals surface area contributed by atoms with Crippen molar-refractivity contribution in [1.82, 2.24) is 10.2 Å². The van der Waals surface area contributed by atoms with E-state index in [1.807, 2.05) is 11.9 Å². The Kier molecular flexibility index (Phi) is 5.49. The number of nitrogens with zero attached hydrogens (tertiary/aromatic N) is 1. The molecule has 2 aliphatic heterocycles. The van der Waals surface area contributed by atoms with Crippen LogP contribution >= 0.6 is 12.4 Å². The lowest BCUT2D eigenvalue weighted by Crippen LogP contribution is -2.44. The molecule has 1 unspecified atom stereocenters. The first-order valence-corrected chi connectivity index (χ1v) is 7.67. The van der Waals surface area contributed by atoms with Crippen LogP contribution in [-0.2, 0) is 4.79 Å². The molecular formula is C16H22ClN3O3. The zero-order valence-corrected chi connectivity index (χ0v) is 14.1. The molecule has 2 aliphatic rings. The number of para-hydroxylation sites is 1. The summed E-state index contributed by atoms with van der Waals surface area (Å²) in [5, 5.41) is 6.03. The van der Waals surface area contributed by atoms with E-state index in [4.69, 9.17) is 4.74 Å². The van der Waals surface area contributed by atoms with E-state index in [9.17, 15) is 9.59 Å². The number of anilines is 1.